The molecule has 0 radical (unpaired) electrons. The lowest BCUT2D eigenvalue weighted by molar-refractivity contribution is 0.597. The van der Waals surface area contributed by atoms with Crippen LogP contribution in [0.4, 0.5) is 0 Å². The SMILES string of the molecule is NS(=O)(=O)c1ccc(CNCCSc2ccccc2)cc1. The molecule has 0 saturated heterocycles. The Labute approximate surface area is 129 Å². The highest BCUT2D eigenvalue weighted by Crippen LogP contribution is 2.15. The van der Waals surface area contributed by atoms with Crippen LogP contribution in [0.1, 0.15) is 5.56 Å². The molecule has 0 atom stereocenters. The van der Waals surface area contributed by atoms with Crippen molar-refractivity contribution in [2.45, 2.75) is 16.3 Å². The second-order valence-corrected chi connectivity index (χ2v) is 7.26. The van der Waals surface area contributed by atoms with E-state index in [9.17, 15) is 8.42 Å². The third-order valence-electron chi connectivity index (χ3n) is 2.87. The number of nitrogens with two attached hydrogens (primary N) is 1. The van der Waals surface area contributed by atoms with Gasteiger partial charge in [-0.3, -0.25) is 0 Å². The Hall–Kier alpha value is -1.34. The molecule has 21 heavy (non-hydrogen) atoms. The number of benzene rings is 2. The highest BCUT2D eigenvalue weighted by atomic mass is 32.2. The van der Waals surface area contributed by atoms with E-state index in [1.807, 2.05) is 18.2 Å². The van der Waals surface area contributed by atoms with Crippen molar-refractivity contribution in [3.05, 3.63) is 60.2 Å². The molecule has 0 amide bonds. The fourth-order valence-electron chi connectivity index (χ4n) is 1.79. The van der Waals surface area contributed by atoms with Crippen molar-refractivity contribution in [3.8, 4) is 0 Å². The smallest absolute Gasteiger partial charge is 0.238 e. The number of thioether (sulfide) groups is 1. The maximum absolute atomic E-state index is 11.1. The molecule has 112 valence electrons. The number of nitrogens with one attached hydrogen (secondary N) is 1. The summed E-state index contributed by atoms with van der Waals surface area (Å²) in [5, 5.41) is 8.38. The zero-order chi connectivity index (χ0) is 15.1. The van der Waals surface area contributed by atoms with E-state index in [2.05, 4.69) is 17.4 Å². The monoisotopic (exact) mass is 322 g/mol. The number of hydrogen-bond donors (Lipinski definition) is 2. The number of primary sulfonamides is 1. The van der Waals surface area contributed by atoms with Crippen molar-refractivity contribution >= 4 is 21.8 Å². The third kappa shape index (κ3) is 5.51. The van der Waals surface area contributed by atoms with Gasteiger partial charge in [-0.1, -0.05) is 30.3 Å². The van der Waals surface area contributed by atoms with Gasteiger partial charge >= 0.3 is 0 Å². The molecule has 0 aliphatic carbocycles. The summed E-state index contributed by atoms with van der Waals surface area (Å²) in [4.78, 5) is 1.41. The van der Waals surface area contributed by atoms with Crippen molar-refractivity contribution in [3.63, 3.8) is 0 Å². The Bertz CT molecular complexity index is 656. The first-order valence-corrected chi connectivity index (χ1v) is 9.09. The van der Waals surface area contributed by atoms with Crippen molar-refractivity contribution in [2.75, 3.05) is 12.3 Å². The highest BCUT2D eigenvalue weighted by molar-refractivity contribution is 7.99. The van der Waals surface area contributed by atoms with Crippen LogP contribution in [0.2, 0.25) is 0 Å². The molecule has 0 bridgehead atoms. The van der Waals surface area contributed by atoms with Crippen molar-refractivity contribution in [2.24, 2.45) is 5.14 Å². The first-order valence-electron chi connectivity index (χ1n) is 6.56. The van der Waals surface area contributed by atoms with E-state index in [0.717, 1.165) is 17.9 Å². The van der Waals surface area contributed by atoms with E-state index < -0.39 is 10.0 Å². The summed E-state index contributed by atoms with van der Waals surface area (Å²) in [6, 6.07) is 16.9. The largest absolute Gasteiger partial charge is 0.312 e. The molecule has 0 unspecified atom stereocenters. The predicted molar refractivity (Wildman–Crippen MR) is 86.7 cm³/mol. The average Bonchev–Trinajstić information content (AvgIpc) is 2.47. The van der Waals surface area contributed by atoms with Gasteiger partial charge in [-0.2, -0.15) is 0 Å². The molecule has 0 spiro atoms. The molecule has 3 N–H and O–H groups in total. The summed E-state index contributed by atoms with van der Waals surface area (Å²) in [5.74, 6) is 0.985. The van der Waals surface area contributed by atoms with Gasteiger partial charge in [0.1, 0.15) is 0 Å². The van der Waals surface area contributed by atoms with Crippen LogP contribution >= 0.6 is 11.8 Å². The Kier molecular flexibility index (Phi) is 5.81. The summed E-state index contributed by atoms with van der Waals surface area (Å²) in [6.07, 6.45) is 0. The van der Waals surface area contributed by atoms with Gasteiger partial charge in [0.05, 0.1) is 4.90 Å². The topological polar surface area (TPSA) is 72.2 Å². The van der Waals surface area contributed by atoms with E-state index in [1.165, 1.54) is 17.0 Å². The van der Waals surface area contributed by atoms with Crippen LogP contribution in [-0.2, 0) is 16.6 Å². The fourth-order valence-corrected chi connectivity index (χ4v) is 3.13. The number of hydrogen-bond acceptors (Lipinski definition) is 4. The normalized spacial score (nSPS) is 11.5. The second-order valence-electron chi connectivity index (χ2n) is 4.53. The van der Waals surface area contributed by atoms with Crippen LogP contribution in [0.25, 0.3) is 0 Å². The molecule has 2 aromatic carbocycles. The summed E-state index contributed by atoms with van der Waals surface area (Å²) in [5.41, 5.74) is 1.03. The minimum absolute atomic E-state index is 0.144. The molecule has 0 saturated carbocycles. The molecule has 4 nitrogen and oxygen atoms in total. The molecular formula is C15H18N2O2S2. The molecule has 0 aliphatic rings. The van der Waals surface area contributed by atoms with Crippen molar-refractivity contribution < 1.29 is 8.42 Å². The predicted octanol–water partition coefficient (Wildman–Crippen LogP) is 2.22. The minimum Gasteiger partial charge on any atom is -0.312 e. The van der Waals surface area contributed by atoms with Gasteiger partial charge in [-0.25, -0.2) is 13.6 Å². The standard InChI is InChI=1S/C15H18N2O2S2/c16-21(18,19)15-8-6-13(7-9-15)12-17-10-11-20-14-4-2-1-3-5-14/h1-9,17H,10-12H2,(H2,16,18,19). The number of sulfonamides is 1. The molecule has 2 aromatic rings. The zero-order valence-electron chi connectivity index (χ0n) is 11.5. The first kappa shape index (κ1) is 16.0. The lowest BCUT2D eigenvalue weighted by Crippen LogP contribution is -2.17. The highest BCUT2D eigenvalue weighted by Gasteiger charge is 2.06. The Morgan fingerprint density at radius 2 is 1.67 bits per heavy atom. The van der Waals surface area contributed by atoms with Gasteiger partial charge in [0.2, 0.25) is 10.0 Å². The lowest BCUT2D eigenvalue weighted by atomic mass is 10.2. The number of rotatable bonds is 7. The third-order valence-corrected chi connectivity index (χ3v) is 4.81. The zero-order valence-corrected chi connectivity index (χ0v) is 13.2. The minimum atomic E-state index is -3.60. The van der Waals surface area contributed by atoms with Gasteiger partial charge in [0.15, 0.2) is 0 Å². The second kappa shape index (κ2) is 7.61. The van der Waals surface area contributed by atoms with Crippen LogP contribution in [0, 0.1) is 0 Å². The van der Waals surface area contributed by atoms with Crippen LogP contribution in [0.15, 0.2) is 64.4 Å². The summed E-state index contributed by atoms with van der Waals surface area (Å²) in [7, 11) is -3.60. The molecule has 0 aliphatic heterocycles. The molecule has 0 fully saturated rings. The lowest BCUT2D eigenvalue weighted by Gasteiger charge is -2.06. The Morgan fingerprint density at radius 3 is 2.29 bits per heavy atom. The van der Waals surface area contributed by atoms with Crippen molar-refractivity contribution in [1.29, 1.82) is 0 Å². The summed E-state index contributed by atoms with van der Waals surface area (Å²) >= 11 is 1.80. The van der Waals surface area contributed by atoms with Crippen molar-refractivity contribution in [1.82, 2.24) is 5.32 Å². The first-order chi connectivity index (χ1) is 10.1. The van der Waals surface area contributed by atoms with E-state index in [-0.39, 0.29) is 4.90 Å². The van der Waals surface area contributed by atoms with Gasteiger partial charge in [0, 0.05) is 23.7 Å². The Balaban J connectivity index is 1.71. The van der Waals surface area contributed by atoms with Gasteiger partial charge in [-0.15, -0.1) is 11.8 Å². The quantitative estimate of drug-likeness (QED) is 0.605. The molecule has 0 aromatic heterocycles. The van der Waals surface area contributed by atoms with E-state index in [0.29, 0.717) is 6.54 Å². The Morgan fingerprint density at radius 1 is 1.00 bits per heavy atom. The molecular weight excluding hydrogens is 304 g/mol. The van der Waals surface area contributed by atoms with E-state index in [4.69, 9.17) is 5.14 Å². The van der Waals surface area contributed by atoms with Crippen LogP contribution in [0.5, 0.6) is 0 Å². The van der Waals surface area contributed by atoms with Gasteiger partial charge in [-0.05, 0) is 29.8 Å². The maximum Gasteiger partial charge on any atom is 0.238 e. The van der Waals surface area contributed by atoms with Crippen LogP contribution in [0.3, 0.4) is 0 Å². The molecule has 0 heterocycles. The van der Waals surface area contributed by atoms with Crippen LogP contribution in [-0.4, -0.2) is 20.7 Å². The van der Waals surface area contributed by atoms with Gasteiger partial charge < -0.3 is 5.32 Å². The van der Waals surface area contributed by atoms with Gasteiger partial charge in [0.25, 0.3) is 0 Å². The summed E-state index contributed by atoms with van der Waals surface area (Å²) in [6.45, 7) is 1.59. The van der Waals surface area contributed by atoms with E-state index >= 15 is 0 Å². The van der Waals surface area contributed by atoms with E-state index in [1.54, 1.807) is 23.9 Å². The summed E-state index contributed by atoms with van der Waals surface area (Å²) < 4.78 is 22.3. The fraction of sp³-hybridized carbons (Fsp3) is 0.200. The molecule has 2 rings (SSSR count). The molecule has 6 heteroatoms. The maximum atomic E-state index is 11.1. The van der Waals surface area contributed by atoms with Crippen LogP contribution < -0.4 is 10.5 Å². The average molecular weight is 322 g/mol.